The van der Waals surface area contributed by atoms with Gasteiger partial charge in [0.1, 0.15) is 5.78 Å². The van der Waals surface area contributed by atoms with Crippen LogP contribution in [-0.2, 0) is 4.79 Å². The molecule has 2 heteroatoms. The van der Waals surface area contributed by atoms with Gasteiger partial charge in [-0.15, -0.1) is 0 Å². The van der Waals surface area contributed by atoms with Crippen LogP contribution in [0.5, 0.6) is 0 Å². The maximum absolute atomic E-state index is 12.4. The number of hydrogen-bond acceptors (Lipinski definition) is 2. The molecule has 7 atom stereocenters. The molecule has 2 nitrogen and oxygen atoms in total. The standard InChI is InChI=1S/C20H32O2/c1-19(2)15-6-4-14-12(13(15)5-8-17(19)21)10-11-20(3)16(14)7-9-18(20)22/h12-16,18,22H,4-11H2,1-3H3. The molecule has 0 amide bonds. The third-order valence-corrected chi connectivity index (χ3v) is 8.67. The highest BCUT2D eigenvalue weighted by atomic mass is 16.3. The van der Waals surface area contributed by atoms with Crippen LogP contribution >= 0.6 is 0 Å². The van der Waals surface area contributed by atoms with E-state index in [4.69, 9.17) is 0 Å². The first-order chi connectivity index (χ1) is 10.4. The zero-order chi connectivity index (χ0) is 15.7. The van der Waals surface area contributed by atoms with E-state index in [1.54, 1.807) is 0 Å². The molecule has 124 valence electrons. The van der Waals surface area contributed by atoms with Crippen molar-refractivity contribution < 1.29 is 9.90 Å². The van der Waals surface area contributed by atoms with Crippen LogP contribution in [0.2, 0.25) is 0 Å². The van der Waals surface area contributed by atoms with Gasteiger partial charge in [-0.05, 0) is 80.0 Å². The second kappa shape index (κ2) is 4.82. The summed E-state index contributed by atoms with van der Waals surface area (Å²) >= 11 is 0. The van der Waals surface area contributed by atoms with E-state index in [0.29, 0.717) is 11.7 Å². The predicted octanol–water partition coefficient (Wildman–Crippen LogP) is 4.21. The van der Waals surface area contributed by atoms with E-state index in [9.17, 15) is 9.90 Å². The Morgan fingerprint density at radius 2 is 1.55 bits per heavy atom. The van der Waals surface area contributed by atoms with E-state index >= 15 is 0 Å². The molecular formula is C20H32O2. The quantitative estimate of drug-likeness (QED) is 0.728. The second-order valence-corrected chi connectivity index (χ2v) is 9.60. The molecule has 4 aliphatic carbocycles. The highest BCUT2D eigenvalue weighted by Gasteiger charge is 2.58. The Labute approximate surface area is 135 Å². The van der Waals surface area contributed by atoms with Crippen LogP contribution in [0.15, 0.2) is 0 Å². The summed E-state index contributed by atoms with van der Waals surface area (Å²) in [5.74, 6) is 4.28. The number of ketones is 1. The van der Waals surface area contributed by atoms with Crippen molar-refractivity contribution in [2.75, 3.05) is 0 Å². The number of aliphatic hydroxyl groups is 1. The SMILES string of the molecule is CC1(C)C(=O)CCC2C3CCC4(C)C(O)CCC4C3CCC21. The molecule has 7 unspecified atom stereocenters. The van der Waals surface area contributed by atoms with Crippen LogP contribution in [-0.4, -0.2) is 17.0 Å². The summed E-state index contributed by atoms with van der Waals surface area (Å²) in [4.78, 5) is 12.4. The number of aliphatic hydroxyl groups excluding tert-OH is 1. The van der Waals surface area contributed by atoms with Gasteiger partial charge < -0.3 is 5.11 Å². The van der Waals surface area contributed by atoms with Crippen LogP contribution in [0.1, 0.15) is 72.1 Å². The molecule has 0 aromatic carbocycles. The fourth-order valence-electron chi connectivity index (χ4n) is 7.26. The normalized spacial score (nSPS) is 53.5. The Bertz CT molecular complexity index is 482. The molecule has 4 saturated carbocycles. The second-order valence-electron chi connectivity index (χ2n) is 9.60. The molecule has 0 radical (unpaired) electrons. The van der Waals surface area contributed by atoms with E-state index in [1.807, 2.05) is 0 Å². The third kappa shape index (κ3) is 1.85. The van der Waals surface area contributed by atoms with Crippen LogP contribution < -0.4 is 0 Å². The van der Waals surface area contributed by atoms with Gasteiger partial charge in [0.05, 0.1) is 6.10 Å². The molecule has 0 spiro atoms. The molecular weight excluding hydrogens is 272 g/mol. The molecule has 4 rings (SSSR count). The number of hydrogen-bond donors (Lipinski definition) is 1. The van der Waals surface area contributed by atoms with Gasteiger partial charge in [-0.2, -0.15) is 0 Å². The topological polar surface area (TPSA) is 37.3 Å². The van der Waals surface area contributed by atoms with Crippen LogP contribution in [0.4, 0.5) is 0 Å². The molecule has 0 aromatic rings. The Hall–Kier alpha value is -0.370. The summed E-state index contributed by atoms with van der Waals surface area (Å²) in [6.07, 6.45) is 9.17. The number of carbonyl (C=O) groups excluding carboxylic acids is 1. The van der Waals surface area contributed by atoms with Crippen molar-refractivity contribution in [3.05, 3.63) is 0 Å². The highest BCUT2D eigenvalue weighted by molar-refractivity contribution is 5.85. The lowest BCUT2D eigenvalue weighted by molar-refractivity contribution is -0.146. The van der Waals surface area contributed by atoms with Crippen molar-refractivity contribution in [2.24, 2.45) is 40.4 Å². The van der Waals surface area contributed by atoms with E-state index in [0.717, 1.165) is 42.9 Å². The summed E-state index contributed by atoms with van der Waals surface area (Å²) in [7, 11) is 0. The Kier molecular flexibility index (Phi) is 3.32. The van der Waals surface area contributed by atoms with Crippen LogP contribution in [0, 0.1) is 40.4 Å². The number of fused-ring (bicyclic) bond motifs is 5. The van der Waals surface area contributed by atoms with E-state index in [1.165, 1.54) is 32.1 Å². The summed E-state index contributed by atoms with van der Waals surface area (Å²) in [6, 6.07) is 0. The zero-order valence-electron chi connectivity index (χ0n) is 14.5. The highest BCUT2D eigenvalue weighted by Crippen LogP contribution is 2.63. The molecule has 0 aliphatic heterocycles. The Morgan fingerprint density at radius 3 is 2.32 bits per heavy atom. The molecule has 0 heterocycles. The smallest absolute Gasteiger partial charge is 0.138 e. The lowest BCUT2D eigenvalue weighted by Crippen LogP contribution is -2.53. The summed E-state index contributed by atoms with van der Waals surface area (Å²) in [5.41, 5.74) is 0.0951. The molecule has 0 bridgehead atoms. The van der Waals surface area contributed by atoms with E-state index in [2.05, 4.69) is 20.8 Å². The van der Waals surface area contributed by atoms with Gasteiger partial charge in [0.2, 0.25) is 0 Å². The third-order valence-electron chi connectivity index (χ3n) is 8.67. The molecule has 1 N–H and O–H groups in total. The van der Waals surface area contributed by atoms with Crippen molar-refractivity contribution >= 4 is 5.78 Å². The van der Waals surface area contributed by atoms with Gasteiger partial charge in [-0.1, -0.05) is 20.8 Å². The predicted molar refractivity (Wildman–Crippen MR) is 87.3 cm³/mol. The minimum atomic E-state index is -0.0934. The molecule has 0 aromatic heterocycles. The molecule has 4 fully saturated rings. The molecule has 4 aliphatic rings. The molecule has 22 heavy (non-hydrogen) atoms. The minimum absolute atomic E-state index is 0.0689. The number of Topliss-reactive ketones (excluding diaryl/α,β-unsaturated/α-hetero) is 1. The molecule has 0 saturated heterocycles. The van der Waals surface area contributed by atoms with Gasteiger partial charge in [0.15, 0.2) is 0 Å². The van der Waals surface area contributed by atoms with Crippen molar-refractivity contribution in [1.29, 1.82) is 0 Å². The minimum Gasteiger partial charge on any atom is -0.393 e. The fraction of sp³-hybridized carbons (Fsp3) is 0.950. The van der Waals surface area contributed by atoms with Crippen molar-refractivity contribution in [3.8, 4) is 0 Å². The number of rotatable bonds is 0. The average Bonchev–Trinajstić information content (AvgIpc) is 2.79. The first-order valence-corrected chi connectivity index (χ1v) is 9.57. The van der Waals surface area contributed by atoms with Crippen molar-refractivity contribution in [3.63, 3.8) is 0 Å². The van der Waals surface area contributed by atoms with E-state index in [-0.39, 0.29) is 16.9 Å². The van der Waals surface area contributed by atoms with Gasteiger partial charge in [-0.25, -0.2) is 0 Å². The van der Waals surface area contributed by atoms with Crippen LogP contribution in [0.3, 0.4) is 0 Å². The monoisotopic (exact) mass is 304 g/mol. The van der Waals surface area contributed by atoms with Gasteiger partial charge in [0.25, 0.3) is 0 Å². The Balaban J connectivity index is 1.62. The van der Waals surface area contributed by atoms with Crippen molar-refractivity contribution in [2.45, 2.75) is 78.2 Å². The van der Waals surface area contributed by atoms with E-state index < -0.39 is 0 Å². The largest absolute Gasteiger partial charge is 0.393 e. The number of carbonyl (C=O) groups is 1. The van der Waals surface area contributed by atoms with Gasteiger partial charge in [0, 0.05) is 11.8 Å². The van der Waals surface area contributed by atoms with Crippen molar-refractivity contribution in [1.82, 2.24) is 0 Å². The maximum atomic E-state index is 12.4. The van der Waals surface area contributed by atoms with Gasteiger partial charge in [-0.3, -0.25) is 4.79 Å². The van der Waals surface area contributed by atoms with Crippen LogP contribution in [0.25, 0.3) is 0 Å². The average molecular weight is 304 g/mol. The lowest BCUT2D eigenvalue weighted by Gasteiger charge is -2.57. The first kappa shape index (κ1) is 15.2. The first-order valence-electron chi connectivity index (χ1n) is 9.57. The zero-order valence-corrected chi connectivity index (χ0v) is 14.5. The lowest BCUT2D eigenvalue weighted by atomic mass is 9.47. The Morgan fingerprint density at radius 1 is 0.864 bits per heavy atom. The summed E-state index contributed by atoms with van der Waals surface area (Å²) in [6.45, 7) is 6.77. The van der Waals surface area contributed by atoms with Gasteiger partial charge >= 0.3 is 0 Å². The summed E-state index contributed by atoms with van der Waals surface area (Å²) in [5, 5.41) is 10.5. The maximum Gasteiger partial charge on any atom is 0.138 e. The summed E-state index contributed by atoms with van der Waals surface area (Å²) < 4.78 is 0. The fourth-order valence-corrected chi connectivity index (χ4v) is 7.26.